The van der Waals surface area contributed by atoms with Gasteiger partial charge >= 0.3 is 0 Å². The van der Waals surface area contributed by atoms with Crippen LogP contribution in [0.2, 0.25) is 0 Å². The topological polar surface area (TPSA) is 84.2 Å². The maximum atomic E-state index is 13.7. The number of hydrogen-bond donors (Lipinski definition) is 1. The summed E-state index contributed by atoms with van der Waals surface area (Å²) < 4.78 is 11.0. The second-order valence-corrected chi connectivity index (χ2v) is 11.8. The van der Waals surface area contributed by atoms with Crippen LogP contribution in [0.1, 0.15) is 53.6 Å². The molecule has 1 aliphatic carbocycles. The molecule has 2 aromatic heterocycles. The van der Waals surface area contributed by atoms with Gasteiger partial charge in [-0.05, 0) is 66.5 Å². The van der Waals surface area contributed by atoms with E-state index in [0.717, 1.165) is 41.3 Å². The van der Waals surface area contributed by atoms with Crippen molar-refractivity contribution in [3.8, 4) is 28.8 Å². The molecule has 7 heteroatoms. The van der Waals surface area contributed by atoms with Crippen molar-refractivity contribution < 1.29 is 14.3 Å². The number of fused-ring (bicyclic) bond motifs is 3. The highest BCUT2D eigenvalue weighted by Gasteiger charge is 2.32. The zero-order valence-electron chi connectivity index (χ0n) is 21.1. The van der Waals surface area contributed by atoms with Crippen molar-refractivity contribution in [2.45, 2.75) is 40.0 Å². The molecule has 2 aliphatic rings. The Hall–Kier alpha value is -3.89. The average Bonchev–Trinajstić information content (AvgIpc) is 3.50. The number of pyridine rings is 1. The molecule has 1 N–H and O–H groups in total. The summed E-state index contributed by atoms with van der Waals surface area (Å²) in [5.74, 6) is 1.67. The average molecular weight is 510 g/mol. The molecular weight excluding hydrogens is 482 g/mol. The van der Waals surface area contributed by atoms with Crippen LogP contribution in [0.3, 0.4) is 0 Å². The van der Waals surface area contributed by atoms with Crippen LogP contribution in [-0.2, 0) is 12.8 Å². The van der Waals surface area contributed by atoms with E-state index >= 15 is 0 Å². The van der Waals surface area contributed by atoms with Gasteiger partial charge in [-0.2, -0.15) is 5.26 Å². The van der Waals surface area contributed by atoms with E-state index in [2.05, 4.69) is 32.2 Å². The third-order valence-electron chi connectivity index (χ3n) is 7.46. The highest BCUT2D eigenvalue weighted by molar-refractivity contribution is 7.16. The number of amides is 1. The van der Waals surface area contributed by atoms with Gasteiger partial charge in [0.15, 0.2) is 11.5 Å². The summed E-state index contributed by atoms with van der Waals surface area (Å²) in [7, 11) is 0. The summed E-state index contributed by atoms with van der Waals surface area (Å²) >= 11 is 1.55. The first-order valence-electron chi connectivity index (χ1n) is 12.5. The fourth-order valence-corrected chi connectivity index (χ4v) is 6.54. The zero-order chi connectivity index (χ0) is 25.7. The van der Waals surface area contributed by atoms with E-state index in [1.807, 2.05) is 48.5 Å². The predicted molar refractivity (Wildman–Crippen MR) is 145 cm³/mol. The summed E-state index contributed by atoms with van der Waals surface area (Å²) in [6.07, 6.45) is 2.88. The van der Waals surface area contributed by atoms with Gasteiger partial charge in [0.05, 0.1) is 22.3 Å². The normalized spacial score (nSPS) is 16.3. The fraction of sp³-hybridized carbons (Fsp3) is 0.300. The SMILES string of the molecule is CC(C)(C)C1CCc2c(sc(NC(=O)c3cc(-c4ccc5c(c4)OCO5)nc4ccccc34)c2C#N)C1. The Bertz CT molecular complexity index is 1590. The Morgan fingerprint density at radius 1 is 1.14 bits per heavy atom. The van der Waals surface area contributed by atoms with Crippen molar-refractivity contribution in [1.82, 2.24) is 4.98 Å². The van der Waals surface area contributed by atoms with Crippen LogP contribution < -0.4 is 14.8 Å². The Labute approximate surface area is 219 Å². The molecule has 4 aromatic rings. The van der Waals surface area contributed by atoms with Crippen molar-refractivity contribution in [1.29, 1.82) is 5.26 Å². The van der Waals surface area contributed by atoms with E-state index in [1.165, 1.54) is 4.88 Å². The molecule has 6 rings (SSSR count). The van der Waals surface area contributed by atoms with Crippen LogP contribution in [0, 0.1) is 22.7 Å². The van der Waals surface area contributed by atoms with Gasteiger partial charge in [0.1, 0.15) is 11.1 Å². The molecule has 37 heavy (non-hydrogen) atoms. The van der Waals surface area contributed by atoms with Gasteiger partial charge < -0.3 is 14.8 Å². The third-order valence-corrected chi connectivity index (χ3v) is 8.63. The smallest absolute Gasteiger partial charge is 0.257 e. The molecule has 0 radical (unpaired) electrons. The standard InChI is InChI=1S/C30H27N3O3S/c1-30(2,3)18-9-10-20-22(15-31)29(37-27(20)13-18)33-28(34)21-14-24(32-23-7-5-4-6-19(21)23)17-8-11-25-26(12-17)36-16-35-25/h4-8,11-12,14,18H,9-10,13,16H2,1-3H3,(H,33,34). The lowest BCUT2D eigenvalue weighted by Gasteiger charge is -2.33. The third kappa shape index (κ3) is 4.21. The summed E-state index contributed by atoms with van der Waals surface area (Å²) in [6.45, 7) is 7.02. The number of aromatic nitrogens is 1. The second kappa shape index (κ2) is 8.89. The molecule has 1 aliphatic heterocycles. The van der Waals surface area contributed by atoms with Crippen molar-refractivity contribution in [3.05, 3.63) is 70.1 Å². The minimum absolute atomic E-state index is 0.195. The summed E-state index contributed by atoms with van der Waals surface area (Å²) in [5, 5.41) is 14.5. The second-order valence-electron chi connectivity index (χ2n) is 10.7. The van der Waals surface area contributed by atoms with Crippen molar-refractivity contribution in [2.75, 3.05) is 12.1 Å². The Balaban J connectivity index is 1.37. The Morgan fingerprint density at radius 2 is 1.95 bits per heavy atom. The highest BCUT2D eigenvalue weighted by atomic mass is 32.1. The predicted octanol–water partition coefficient (Wildman–Crippen LogP) is 6.97. The number of carbonyl (C=O) groups excluding carboxylic acids is 1. The van der Waals surface area contributed by atoms with Crippen molar-refractivity contribution >= 4 is 33.1 Å². The molecule has 6 nitrogen and oxygen atoms in total. The quantitative estimate of drug-likeness (QED) is 0.322. The molecular formula is C30H27N3O3S. The number of anilines is 1. The van der Waals surface area contributed by atoms with Crippen LogP contribution in [-0.4, -0.2) is 17.7 Å². The molecule has 2 aromatic carbocycles. The maximum absolute atomic E-state index is 13.7. The number of hydrogen-bond acceptors (Lipinski definition) is 6. The molecule has 186 valence electrons. The first kappa shape index (κ1) is 23.5. The number of rotatable bonds is 3. The van der Waals surface area contributed by atoms with Gasteiger partial charge in [0.25, 0.3) is 5.91 Å². The number of nitriles is 1. The molecule has 1 amide bonds. The van der Waals surface area contributed by atoms with Crippen molar-refractivity contribution in [2.24, 2.45) is 11.3 Å². The van der Waals surface area contributed by atoms with Gasteiger partial charge in [-0.1, -0.05) is 39.0 Å². The monoisotopic (exact) mass is 509 g/mol. The highest BCUT2D eigenvalue weighted by Crippen LogP contribution is 2.44. The van der Waals surface area contributed by atoms with E-state index in [9.17, 15) is 10.1 Å². The lowest BCUT2D eigenvalue weighted by molar-refractivity contribution is 0.102. The van der Waals surface area contributed by atoms with Crippen LogP contribution in [0.5, 0.6) is 11.5 Å². The number of nitrogens with one attached hydrogen (secondary N) is 1. The number of para-hydroxylation sites is 1. The number of thiophene rings is 1. The zero-order valence-corrected chi connectivity index (χ0v) is 21.9. The first-order valence-corrected chi connectivity index (χ1v) is 13.3. The van der Waals surface area contributed by atoms with Gasteiger partial charge in [-0.3, -0.25) is 4.79 Å². The van der Waals surface area contributed by atoms with Crippen LogP contribution in [0.15, 0.2) is 48.5 Å². The lowest BCUT2D eigenvalue weighted by atomic mass is 9.72. The Kier molecular flexibility index (Phi) is 5.65. The number of ether oxygens (including phenoxy) is 2. The van der Waals surface area contributed by atoms with Gasteiger partial charge in [-0.25, -0.2) is 4.98 Å². The molecule has 0 spiro atoms. The van der Waals surface area contributed by atoms with E-state index in [1.54, 1.807) is 11.3 Å². The van der Waals surface area contributed by atoms with Gasteiger partial charge in [-0.15, -0.1) is 11.3 Å². The summed E-state index contributed by atoms with van der Waals surface area (Å²) in [4.78, 5) is 19.8. The number of carbonyl (C=O) groups is 1. The van der Waals surface area contributed by atoms with E-state index < -0.39 is 0 Å². The molecule has 1 atom stereocenters. The minimum Gasteiger partial charge on any atom is -0.454 e. The maximum Gasteiger partial charge on any atom is 0.257 e. The first-order chi connectivity index (χ1) is 17.8. The van der Waals surface area contributed by atoms with E-state index in [-0.39, 0.29) is 18.1 Å². The molecule has 0 bridgehead atoms. The number of nitrogens with zero attached hydrogens (tertiary/aromatic N) is 2. The van der Waals surface area contributed by atoms with E-state index in [0.29, 0.717) is 39.2 Å². The van der Waals surface area contributed by atoms with E-state index in [4.69, 9.17) is 14.5 Å². The lowest BCUT2D eigenvalue weighted by Crippen LogP contribution is -2.26. The molecule has 0 saturated carbocycles. The van der Waals surface area contributed by atoms with Crippen LogP contribution in [0.4, 0.5) is 5.00 Å². The van der Waals surface area contributed by atoms with Crippen LogP contribution >= 0.6 is 11.3 Å². The Morgan fingerprint density at radius 3 is 2.76 bits per heavy atom. The van der Waals surface area contributed by atoms with Crippen molar-refractivity contribution in [3.63, 3.8) is 0 Å². The fourth-order valence-electron chi connectivity index (χ4n) is 5.27. The molecule has 0 saturated heterocycles. The molecule has 3 heterocycles. The largest absolute Gasteiger partial charge is 0.454 e. The van der Waals surface area contributed by atoms with Crippen LogP contribution in [0.25, 0.3) is 22.2 Å². The molecule has 0 fully saturated rings. The minimum atomic E-state index is -0.247. The van der Waals surface area contributed by atoms with Gasteiger partial charge in [0.2, 0.25) is 6.79 Å². The molecule has 1 unspecified atom stereocenters. The van der Waals surface area contributed by atoms with Gasteiger partial charge in [0, 0.05) is 15.8 Å². The summed E-state index contributed by atoms with van der Waals surface area (Å²) in [5.41, 5.74) is 4.66. The summed E-state index contributed by atoms with van der Waals surface area (Å²) in [6, 6.07) is 17.4. The number of benzene rings is 2.